The fraction of sp³-hybridized carbons (Fsp3) is 0.467. The predicted molar refractivity (Wildman–Crippen MR) is 74.8 cm³/mol. The molecule has 24 heavy (non-hydrogen) atoms. The van der Waals surface area contributed by atoms with E-state index in [1.807, 2.05) is 0 Å². The number of benzene rings is 1. The highest BCUT2D eigenvalue weighted by Gasteiger charge is 2.38. The summed E-state index contributed by atoms with van der Waals surface area (Å²) in [6, 6.07) is 1.56. The molecule has 2 aliphatic heterocycles. The zero-order valence-electron chi connectivity index (χ0n) is 12.6. The molecule has 2 fully saturated rings. The van der Waals surface area contributed by atoms with Gasteiger partial charge in [-0.1, -0.05) is 9.79 Å². The molecule has 2 atom stereocenters. The molecule has 0 aliphatic carbocycles. The minimum Gasteiger partial charge on any atom is -0.381 e. The van der Waals surface area contributed by atoms with E-state index in [1.54, 1.807) is 0 Å². The minimum atomic E-state index is -1.57. The number of hydrogen-bond donors (Lipinski definition) is 1. The van der Waals surface area contributed by atoms with E-state index in [1.165, 1.54) is 0 Å². The van der Waals surface area contributed by atoms with E-state index < -0.39 is 17.5 Å². The number of rotatable bonds is 3. The molecule has 2 aliphatic rings. The Morgan fingerprint density at radius 2 is 1.79 bits per heavy atom. The van der Waals surface area contributed by atoms with Crippen LogP contribution in [-0.2, 0) is 11.3 Å². The van der Waals surface area contributed by atoms with Crippen LogP contribution in [0.15, 0.2) is 16.8 Å². The SMILES string of the molecule is O=[n+]1o[nH]c(CN2CC3COC[C@@H]3C2)c1-c1cc(F)c(F)c(F)c1. The van der Waals surface area contributed by atoms with Gasteiger partial charge in [0.1, 0.15) is 0 Å². The van der Waals surface area contributed by atoms with Crippen molar-refractivity contribution in [3.8, 4) is 11.3 Å². The van der Waals surface area contributed by atoms with Gasteiger partial charge < -0.3 is 4.74 Å². The van der Waals surface area contributed by atoms with E-state index >= 15 is 0 Å². The number of nitrogens with one attached hydrogen (secondary N) is 1. The van der Waals surface area contributed by atoms with Crippen LogP contribution in [0.5, 0.6) is 0 Å². The number of nitrogens with zero attached hydrogens (tertiary/aromatic N) is 2. The Hall–Kier alpha value is -2.13. The van der Waals surface area contributed by atoms with Crippen LogP contribution in [0, 0.1) is 34.2 Å². The van der Waals surface area contributed by atoms with Crippen molar-refractivity contribution in [3.63, 3.8) is 0 Å². The molecular formula is C15H15F3N3O3+. The van der Waals surface area contributed by atoms with Crippen LogP contribution in [0.2, 0.25) is 0 Å². The number of hydrogen-bond acceptors (Lipinski definition) is 4. The highest BCUT2D eigenvalue weighted by atomic mass is 19.2. The lowest BCUT2D eigenvalue weighted by molar-refractivity contribution is -0.704. The van der Waals surface area contributed by atoms with Crippen molar-refractivity contribution in [1.82, 2.24) is 10.1 Å². The molecule has 0 bridgehead atoms. The molecule has 4 rings (SSSR count). The lowest BCUT2D eigenvalue weighted by Gasteiger charge is -2.13. The first kappa shape index (κ1) is 15.4. The maximum absolute atomic E-state index is 13.5. The van der Waals surface area contributed by atoms with Crippen molar-refractivity contribution in [2.75, 3.05) is 26.3 Å². The van der Waals surface area contributed by atoms with Gasteiger partial charge in [0.15, 0.2) is 22.1 Å². The van der Waals surface area contributed by atoms with E-state index in [9.17, 15) is 18.1 Å². The molecule has 1 aromatic heterocycles. The van der Waals surface area contributed by atoms with Crippen LogP contribution >= 0.6 is 0 Å². The third kappa shape index (κ3) is 2.53. The Labute approximate surface area is 134 Å². The smallest absolute Gasteiger partial charge is 0.276 e. The molecule has 0 saturated carbocycles. The maximum Gasteiger partial charge on any atom is 0.276 e. The minimum absolute atomic E-state index is 0.0545. The van der Waals surface area contributed by atoms with E-state index in [-0.39, 0.29) is 15.9 Å². The van der Waals surface area contributed by atoms with Crippen molar-refractivity contribution >= 4 is 0 Å². The second-order valence-electron chi connectivity index (χ2n) is 6.28. The first-order valence-corrected chi connectivity index (χ1v) is 7.61. The third-order valence-corrected chi connectivity index (χ3v) is 4.68. The average Bonchev–Trinajstić information content (AvgIpc) is 3.20. The molecule has 128 valence electrons. The summed E-state index contributed by atoms with van der Waals surface area (Å²) in [4.78, 5) is 14.0. The van der Waals surface area contributed by atoms with E-state index in [0.717, 1.165) is 38.4 Å². The van der Waals surface area contributed by atoms with E-state index in [0.29, 0.717) is 24.1 Å². The number of H-pyrrole nitrogens is 1. The summed E-state index contributed by atoms with van der Waals surface area (Å²) in [5.41, 5.74) is 0.251. The molecule has 6 nitrogen and oxygen atoms in total. The third-order valence-electron chi connectivity index (χ3n) is 4.68. The van der Waals surface area contributed by atoms with Crippen LogP contribution in [0.1, 0.15) is 5.69 Å². The highest BCUT2D eigenvalue weighted by Crippen LogP contribution is 2.31. The van der Waals surface area contributed by atoms with Crippen molar-refractivity contribution in [1.29, 1.82) is 0 Å². The van der Waals surface area contributed by atoms with Crippen molar-refractivity contribution in [2.24, 2.45) is 11.8 Å². The fourth-order valence-corrected chi connectivity index (χ4v) is 3.52. The molecule has 2 aromatic rings. The summed E-state index contributed by atoms with van der Waals surface area (Å²) in [7, 11) is 0. The van der Waals surface area contributed by atoms with Gasteiger partial charge in [0.05, 0.1) is 19.8 Å². The van der Waals surface area contributed by atoms with Crippen LogP contribution in [0.25, 0.3) is 11.3 Å². The van der Waals surface area contributed by atoms with Gasteiger partial charge in [-0.15, -0.1) is 0 Å². The monoisotopic (exact) mass is 342 g/mol. The zero-order chi connectivity index (χ0) is 16.8. The molecule has 0 amide bonds. The summed E-state index contributed by atoms with van der Waals surface area (Å²) < 4.78 is 50.3. The molecular weight excluding hydrogens is 327 g/mol. The van der Waals surface area contributed by atoms with Crippen LogP contribution < -0.4 is 4.60 Å². The largest absolute Gasteiger partial charge is 0.381 e. The molecule has 9 heteroatoms. The number of aromatic amines is 1. The quantitative estimate of drug-likeness (QED) is 0.862. The normalized spacial score (nSPS) is 23.8. The standard InChI is InChI=1S/C15H15F3N3O3/c16-11-1-8(2-12(17)14(11)18)15-13(19-24-21(15)22)5-20-3-9-6-23-7-10(9)4-20/h1-2,9-10,19H,3-7H2/q+1/t9-,10?/m0/s1. The van der Waals surface area contributed by atoms with Gasteiger partial charge >= 0.3 is 0 Å². The Morgan fingerprint density at radius 1 is 1.17 bits per heavy atom. The number of aromatic nitrogens is 2. The number of fused-ring (bicyclic) bond motifs is 1. The highest BCUT2D eigenvalue weighted by molar-refractivity contribution is 5.58. The maximum atomic E-state index is 13.5. The van der Waals surface area contributed by atoms with Crippen LogP contribution in [0.4, 0.5) is 13.2 Å². The Balaban J connectivity index is 1.63. The molecule has 2 saturated heterocycles. The first-order valence-electron chi connectivity index (χ1n) is 7.61. The molecule has 0 radical (unpaired) electrons. The zero-order valence-corrected chi connectivity index (χ0v) is 12.6. The van der Waals surface area contributed by atoms with Crippen molar-refractivity contribution in [2.45, 2.75) is 6.54 Å². The second-order valence-corrected chi connectivity index (χ2v) is 6.28. The van der Waals surface area contributed by atoms with Crippen molar-refractivity contribution in [3.05, 3.63) is 40.2 Å². The number of likely N-dealkylation sites (tertiary alicyclic amines) is 1. The number of halogens is 3. The average molecular weight is 342 g/mol. The fourth-order valence-electron chi connectivity index (χ4n) is 3.52. The molecule has 1 N–H and O–H groups in total. The second kappa shape index (κ2) is 5.75. The summed E-state index contributed by atoms with van der Waals surface area (Å²) in [5, 5.41) is 2.48. The molecule has 0 spiro atoms. The lowest BCUT2D eigenvalue weighted by Crippen LogP contribution is -2.24. The Bertz CT molecular complexity index is 800. The number of ether oxygens (including phenoxy) is 1. The van der Waals surface area contributed by atoms with Crippen LogP contribution in [0.3, 0.4) is 0 Å². The Morgan fingerprint density at radius 3 is 2.42 bits per heavy atom. The lowest BCUT2D eigenvalue weighted by atomic mass is 10.0. The topological polar surface area (TPSA) is 64.4 Å². The van der Waals surface area contributed by atoms with Gasteiger partial charge in [0.25, 0.3) is 5.69 Å². The summed E-state index contributed by atoms with van der Waals surface area (Å²) in [6.07, 6.45) is 0. The van der Waals surface area contributed by atoms with Gasteiger partial charge in [-0.25, -0.2) is 13.2 Å². The van der Waals surface area contributed by atoms with Gasteiger partial charge in [0, 0.05) is 30.5 Å². The molecule has 3 heterocycles. The van der Waals surface area contributed by atoms with Gasteiger partial charge in [-0.2, -0.15) is 0 Å². The van der Waals surface area contributed by atoms with Gasteiger partial charge in [-0.3, -0.25) is 4.90 Å². The summed E-state index contributed by atoms with van der Waals surface area (Å²) in [6.45, 7) is 3.43. The molecule has 1 aromatic carbocycles. The Kier molecular flexibility index (Phi) is 3.69. The van der Waals surface area contributed by atoms with Crippen LogP contribution in [-0.4, -0.2) is 36.4 Å². The first-order chi connectivity index (χ1) is 11.5. The van der Waals surface area contributed by atoms with Gasteiger partial charge in [-0.05, 0) is 17.0 Å². The summed E-state index contributed by atoms with van der Waals surface area (Å²) >= 11 is 0. The van der Waals surface area contributed by atoms with Crippen molar-refractivity contribution < 1.29 is 27.1 Å². The molecule has 1 unspecified atom stereocenters. The van der Waals surface area contributed by atoms with E-state index in [4.69, 9.17) is 9.37 Å². The predicted octanol–water partition coefficient (Wildman–Crippen LogP) is 1.68. The summed E-state index contributed by atoms with van der Waals surface area (Å²) in [5.74, 6) is -3.37. The van der Waals surface area contributed by atoms with Gasteiger partial charge in [0.2, 0.25) is 5.69 Å². The van der Waals surface area contributed by atoms with E-state index in [2.05, 4.69) is 10.1 Å².